The molecule has 14 heavy (non-hydrogen) atoms. The maximum Gasteiger partial charge on any atom is 0.315 e. The molecule has 0 N–H and O–H groups in total. The minimum atomic E-state index is 0.207. The van der Waals surface area contributed by atoms with Gasteiger partial charge in [-0.25, -0.2) is 4.68 Å². The van der Waals surface area contributed by atoms with Gasteiger partial charge < -0.3 is 9.47 Å². The Morgan fingerprint density at radius 3 is 2.79 bits per heavy atom. The Labute approximate surface area is 90.5 Å². The van der Waals surface area contributed by atoms with E-state index in [2.05, 4.69) is 26.0 Å². The van der Waals surface area contributed by atoms with Crippen LogP contribution in [0.2, 0.25) is 0 Å². The van der Waals surface area contributed by atoms with Gasteiger partial charge in [0.25, 0.3) is 0 Å². The van der Waals surface area contributed by atoms with Crippen molar-refractivity contribution in [3.05, 3.63) is 4.73 Å². The van der Waals surface area contributed by atoms with E-state index in [1.165, 1.54) is 0 Å². The van der Waals surface area contributed by atoms with Crippen molar-refractivity contribution >= 4 is 15.9 Å². The molecule has 0 atom stereocenters. The summed E-state index contributed by atoms with van der Waals surface area (Å²) in [4.78, 5) is 4.11. The summed E-state index contributed by atoms with van der Waals surface area (Å²) in [7, 11) is 1.81. The maximum atomic E-state index is 5.69. The molecule has 0 spiro atoms. The van der Waals surface area contributed by atoms with E-state index in [9.17, 15) is 0 Å². The average molecular weight is 262 g/mol. The Kier molecular flexibility index (Phi) is 3.02. The number of aryl methyl sites for hydroxylation is 1. The third-order valence-corrected chi connectivity index (χ3v) is 2.47. The third-order valence-electron chi connectivity index (χ3n) is 2.14. The van der Waals surface area contributed by atoms with Crippen LogP contribution in [-0.4, -0.2) is 34.1 Å². The molecule has 0 saturated carbocycles. The Morgan fingerprint density at radius 2 is 2.21 bits per heavy atom. The number of halogens is 1. The first-order valence-electron chi connectivity index (χ1n) is 4.56. The van der Waals surface area contributed by atoms with Crippen LogP contribution in [0.1, 0.15) is 12.8 Å². The van der Waals surface area contributed by atoms with Crippen LogP contribution in [0.4, 0.5) is 0 Å². The molecule has 1 aromatic heterocycles. The number of rotatable bonds is 2. The zero-order chi connectivity index (χ0) is 9.97. The quantitative estimate of drug-likeness (QED) is 0.801. The second kappa shape index (κ2) is 4.27. The van der Waals surface area contributed by atoms with Crippen LogP contribution in [0.5, 0.6) is 6.01 Å². The highest BCUT2D eigenvalue weighted by molar-refractivity contribution is 9.10. The van der Waals surface area contributed by atoms with Crippen LogP contribution in [-0.2, 0) is 11.8 Å². The number of aromatic nitrogens is 3. The van der Waals surface area contributed by atoms with Crippen molar-refractivity contribution < 1.29 is 9.47 Å². The van der Waals surface area contributed by atoms with Crippen molar-refractivity contribution in [1.82, 2.24) is 14.8 Å². The summed E-state index contributed by atoms with van der Waals surface area (Å²) < 4.78 is 13.1. The second-order valence-electron chi connectivity index (χ2n) is 3.22. The number of nitrogens with zero attached hydrogens (tertiary/aromatic N) is 3. The van der Waals surface area contributed by atoms with Crippen LogP contribution in [0.15, 0.2) is 4.73 Å². The summed E-state index contributed by atoms with van der Waals surface area (Å²) in [5.41, 5.74) is 0. The highest BCUT2D eigenvalue weighted by Crippen LogP contribution is 2.16. The number of ether oxygens (including phenoxy) is 2. The largest absolute Gasteiger partial charge is 0.460 e. The summed E-state index contributed by atoms with van der Waals surface area (Å²) in [6.45, 7) is 1.54. The van der Waals surface area contributed by atoms with E-state index in [1.807, 2.05) is 7.05 Å². The van der Waals surface area contributed by atoms with Gasteiger partial charge in [0.05, 0.1) is 13.2 Å². The lowest BCUT2D eigenvalue weighted by Gasteiger charge is -2.22. The topological polar surface area (TPSA) is 49.2 Å². The summed E-state index contributed by atoms with van der Waals surface area (Å²) >= 11 is 3.20. The SMILES string of the molecule is Cn1nc(Br)nc1OC1CCOCC1. The van der Waals surface area contributed by atoms with Crippen molar-refractivity contribution in [2.75, 3.05) is 13.2 Å². The Morgan fingerprint density at radius 1 is 1.50 bits per heavy atom. The minimum Gasteiger partial charge on any atom is -0.460 e. The third kappa shape index (κ3) is 2.24. The fourth-order valence-corrected chi connectivity index (χ4v) is 1.78. The minimum absolute atomic E-state index is 0.207. The molecule has 1 aliphatic heterocycles. The lowest BCUT2D eigenvalue weighted by atomic mass is 10.2. The van der Waals surface area contributed by atoms with E-state index < -0.39 is 0 Å². The first-order valence-corrected chi connectivity index (χ1v) is 5.36. The summed E-state index contributed by atoms with van der Waals surface area (Å²) in [5, 5.41) is 4.04. The molecule has 6 heteroatoms. The predicted molar refractivity (Wildman–Crippen MR) is 53.2 cm³/mol. The average Bonchev–Trinajstić information content (AvgIpc) is 2.47. The molecular formula is C8H12BrN3O2. The van der Waals surface area contributed by atoms with Crippen LogP contribution >= 0.6 is 15.9 Å². The molecule has 1 aliphatic rings. The van der Waals surface area contributed by atoms with Crippen LogP contribution in [0.3, 0.4) is 0 Å². The summed E-state index contributed by atoms with van der Waals surface area (Å²) in [6, 6.07) is 0.559. The first kappa shape index (κ1) is 9.92. The van der Waals surface area contributed by atoms with Gasteiger partial charge in [-0.15, -0.1) is 5.10 Å². The standard InChI is InChI=1S/C8H12BrN3O2/c1-12-8(10-7(9)11-12)14-6-2-4-13-5-3-6/h6H,2-5H2,1H3. The normalized spacial score (nSPS) is 18.4. The molecule has 2 heterocycles. The van der Waals surface area contributed by atoms with Crippen molar-refractivity contribution in [1.29, 1.82) is 0 Å². The van der Waals surface area contributed by atoms with E-state index in [4.69, 9.17) is 9.47 Å². The first-order chi connectivity index (χ1) is 6.75. The second-order valence-corrected chi connectivity index (χ2v) is 3.93. The molecular weight excluding hydrogens is 250 g/mol. The molecule has 0 radical (unpaired) electrons. The van der Waals surface area contributed by atoms with Gasteiger partial charge in [0, 0.05) is 19.9 Å². The number of hydrogen-bond donors (Lipinski definition) is 0. The zero-order valence-corrected chi connectivity index (χ0v) is 9.53. The molecule has 1 fully saturated rings. The molecule has 0 bridgehead atoms. The Bertz CT molecular complexity index is 310. The molecule has 2 rings (SSSR count). The van der Waals surface area contributed by atoms with Crippen LogP contribution < -0.4 is 4.74 Å². The molecule has 0 unspecified atom stereocenters. The van der Waals surface area contributed by atoms with Crippen molar-refractivity contribution in [2.45, 2.75) is 18.9 Å². The van der Waals surface area contributed by atoms with E-state index in [0.717, 1.165) is 26.1 Å². The predicted octanol–water partition coefficient (Wildman–Crippen LogP) is 1.14. The van der Waals surface area contributed by atoms with Gasteiger partial charge in [0.1, 0.15) is 6.10 Å². The molecule has 0 aromatic carbocycles. The van der Waals surface area contributed by atoms with Crippen molar-refractivity contribution in [3.8, 4) is 6.01 Å². The molecule has 0 amide bonds. The summed E-state index contributed by atoms with van der Waals surface area (Å²) in [5.74, 6) is 0. The van der Waals surface area contributed by atoms with Crippen LogP contribution in [0, 0.1) is 0 Å². The molecule has 78 valence electrons. The van der Waals surface area contributed by atoms with E-state index in [0.29, 0.717) is 10.7 Å². The van der Waals surface area contributed by atoms with Gasteiger partial charge in [-0.1, -0.05) is 0 Å². The maximum absolute atomic E-state index is 5.69. The van der Waals surface area contributed by atoms with E-state index in [1.54, 1.807) is 4.68 Å². The fraction of sp³-hybridized carbons (Fsp3) is 0.750. The molecule has 1 saturated heterocycles. The Hall–Kier alpha value is -0.620. The van der Waals surface area contributed by atoms with Gasteiger partial charge in [0.15, 0.2) is 0 Å². The number of hydrogen-bond acceptors (Lipinski definition) is 4. The fourth-order valence-electron chi connectivity index (χ4n) is 1.39. The highest BCUT2D eigenvalue weighted by Gasteiger charge is 2.18. The van der Waals surface area contributed by atoms with Gasteiger partial charge in [-0.05, 0) is 15.9 Å². The van der Waals surface area contributed by atoms with E-state index in [-0.39, 0.29) is 6.10 Å². The lowest BCUT2D eigenvalue weighted by Crippen LogP contribution is -2.26. The molecule has 1 aromatic rings. The van der Waals surface area contributed by atoms with Gasteiger partial charge in [-0.3, -0.25) is 0 Å². The van der Waals surface area contributed by atoms with Crippen molar-refractivity contribution in [2.24, 2.45) is 7.05 Å². The summed E-state index contributed by atoms with van der Waals surface area (Å²) in [6.07, 6.45) is 2.05. The van der Waals surface area contributed by atoms with Gasteiger partial charge in [-0.2, -0.15) is 4.98 Å². The van der Waals surface area contributed by atoms with Gasteiger partial charge >= 0.3 is 6.01 Å². The van der Waals surface area contributed by atoms with Crippen LogP contribution in [0.25, 0.3) is 0 Å². The Balaban J connectivity index is 1.98. The smallest absolute Gasteiger partial charge is 0.315 e. The monoisotopic (exact) mass is 261 g/mol. The lowest BCUT2D eigenvalue weighted by molar-refractivity contribution is 0.0201. The molecule has 0 aliphatic carbocycles. The highest BCUT2D eigenvalue weighted by atomic mass is 79.9. The zero-order valence-electron chi connectivity index (χ0n) is 7.94. The van der Waals surface area contributed by atoms with E-state index >= 15 is 0 Å². The molecule has 5 nitrogen and oxygen atoms in total. The van der Waals surface area contributed by atoms with Crippen molar-refractivity contribution in [3.63, 3.8) is 0 Å². The van der Waals surface area contributed by atoms with Gasteiger partial charge in [0.2, 0.25) is 4.73 Å².